The molecule has 0 spiro atoms. The molecule has 1 aliphatic heterocycles. The molecule has 1 fully saturated rings. The molecule has 1 aromatic carbocycles. The van der Waals surface area contributed by atoms with Crippen LogP contribution < -0.4 is 0 Å². The van der Waals surface area contributed by atoms with E-state index < -0.39 is 11.2 Å². The lowest BCUT2D eigenvalue weighted by atomic mass is 9.83. The van der Waals surface area contributed by atoms with Crippen molar-refractivity contribution in [2.75, 3.05) is 19.7 Å². The number of hydrogen-bond donors (Lipinski definition) is 0. The summed E-state index contributed by atoms with van der Waals surface area (Å²) in [6, 6.07) is 8.29. The summed E-state index contributed by atoms with van der Waals surface area (Å²) in [5.41, 5.74) is 1.52. The van der Waals surface area contributed by atoms with Crippen LogP contribution >= 0.6 is 0 Å². The van der Waals surface area contributed by atoms with Crippen molar-refractivity contribution in [1.82, 2.24) is 4.90 Å². The Morgan fingerprint density at radius 3 is 2.46 bits per heavy atom. The fourth-order valence-electron chi connectivity index (χ4n) is 3.07. The van der Waals surface area contributed by atoms with Crippen LogP contribution in [0, 0.1) is 6.92 Å². The van der Waals surface area contributed by atoms with Crippen molar-refractivity contribution in [3.8, 4) is 0 Å². The Labute approximate surface area is 146 Å². The Morgan fingerprint density at radius 2 is 1.88 bits per heavy atom. The number of nitrogens with zero attached hydrogens (tertiary/aromatic N) is 1. The normalized spacial score (nSPS) is 16.6. The first-order valence-corrected chi connectivity index (χ1v) is 8.95. The second-order valence-electron chi connectivity index (χ2n) is 7.70. The third kappa shape index (κ3) is 4.50. The minimum Gasteiger partial charge on any atom is -0.444 e. The molecule has 1 amide bonds. The number of rotatable bonds is 6. The number of carbonyl (C=O) groups is 1. The first-order valence-electron chi connectivity index (χ1n) is 8.95. The number of unbranched alkanes of at least 4 members (excludes halogenated alkanes) is 2. The highest BCUT2D eigenvalue weighted by atomic mass is 16.6. The molecule has 24 heavy (non-hydrogen) atoms. The van der Waals surface area contributed by atoms with Crippen LogP contribution in [0.4, 0.5) is 4.79 Å². The number of carbonyl (C=O) groups excluding carboxylic acids is 1. The summed E-state index contributed by atoms with van der Waals surface area (Å²) >= 11 is 0. The standard InChI is InChI=1S/C20H31NO3/c1-6-7-10-13-23-20(17-12-9-8-11-16(17)2)14-21(15-20)18(22)24-19(3,4)5/h8-9,11-12H,6-7,10,13-15H2,1-5H3. The Kier molecular flexibility index (Phi) is 5.92. The number of amides is 1. The topological polar surface area (TPSA) is 38.8 Å². The summed E-state index contributed by atoms with van der Waals surface area (Å²) in [6.45, 7) is 11.8. The molecule has 134 valence electrons. The molecule has 0 aliphatic carbocycles. The van der Waals surface area contributed by atoms with Crippen LogP contribution in [0.1, 0.15) is 58.1 Å². The minimum absolute atomic E-state index is 0.260. The molecule has 0 N–H and O–H groups in total. The fraction of sp³-hybridized carbons (Fsp3) is 0.650. The van der Waals surface area contributed by atoms with E-state index in [0.29, 0.717) is 13.1 Å². The second kappa shape index (κ2) is 7.56. The third-order valence-electron chi connectivity index (χ3n) is 4.31. The maximum atomic E-state index is 12.3. The third-order valence-corrected chi connectivity index (χ3v) is 4.31. The number of hydrogen-bond acceptors (Lipinski definition) is 3. The number of ether oxygens (including phenoxy) is 2. The fourth-order valence-corrected chi connectivity index (χ4v) is 3.07. The van der Waals surface area contributed by atoms with Gasteiger partial charge in [-0.25, -0.2) is 4.79 Å². The van der Waals surface area contributed by atoms with Crippen LogP contribution in [0.2, 0.25) is 0 Å². The van der Waals surface area contributed by atoms with Crippen LogP contribution in [0.3, 0.4) is 0 Å². The van der Waals surface area contributed by atoms with Crippen molar-refractivity contribution in [3.05, 3.63) is 35.4 Å². The average molecular weight is 333 g/mol. The highest BCUT2D eigenvalue weighted by molar-refractivity contribution is 5.70. The van der Waals surface area contributed by atoms with E-state index in [9.17, 15) is 4.79 Å². The van der Waals surface area contributed by atoms with Crippen LogP contribution in [-0.2, 0) is 15.1 Å². The van der Waals surface area contributed by atoms with E-state index in [0.717, 1.165) is 13.0 Å². The van der Waals surface area contributed by atoms with Gasteiger partial charge >= 0.3 is 6.09 Å². The van der Waals surface area contributed by atoms with Crippen LogP contribution in [0.15, 0.2) is 24.3 Å². The predicted octanol–water partition coefficient (Wildman–Crippen LogP) is 4.65. The summed E-state index contributed by atoms with van der Waals surface area (Å²) in [4.78, 5) is 14.0. The van der Waals surface area contributed by atoms with Crippen LogP contribution in [0.25, 0.3) is 0 Å². The van der Waals surface area contributed by atoms with E-state index >= 15 is 0 Å². The van der Waals surface area contributed by atoms with E-state index in [1.54, 1.807) is 4.90 Å². The number of aryl methyl sites for hydroxylation is 1. The van der Waals surface area contributed by atoms with E-state index in [4.69, 9.17) is 9.47 Å². The highest BCUT2D eigenvalue weighted by Crippen LogP contribution is 2.38. The van der Waals surface area contributed by atoms with Crippen molar-refractivity contribution < 1.29 is 14.3 Å². The summed E-state index contributed by atoms with van der Waals surface area (Å²) in [6.07, 6.45) is 3.13. The van der Waals surface area contributed by atoms with Gasteiger partial charge in [0, 0.05) is 6.61 Å². The molecule has 0 bridgehead atoms. The summed E-state index contributed by atoms with van der Waals surface area (Å²) in [7, 11) is 0. The number of benzene rings is 1. The minimum atomic E-state index is -0.472. The maximum Gasteiger partial charge on any atom is 0.410 e. The van der Waals surface area contributed by atoms with Gasteiger partial charge in [0.2, 0.25) is 0 Å². The molecule has 4 heteroatoms. The summed E-state index contributed by atoms with van der Waals surface area (Å²) < 4.78 is 11.8. The zero-order valence-electron chi connectivity index (χ0n) is 15.7. The molecule has 4 nitrogen and oxygen atoms in total. The van der Waals surface area contributed by atoms with Gasteiger partial charge < -0.3 is 14.4 Å². The van der Waals surface area contributed by atoms with Gasteiger partial charge in [-0.15, -0.1) is 0 Å². The van der Waals surface area contributed by atoms with E-state index in [1.165, 1.54) is 24.0 Å². The van der Waals surface area contributed by atoms with Gasteiger partial charge in [-0.3, -0.25) is 0 Å². The van der Waals surface area contributed by atoms with Gasteiger partial charge in [0.1, 0.15) is 11.2 Å². The lowest BCUT2D eigenvalue weighted by Crippen LogP contribution is -2.63. The first-order chi connectivity index (χ1) is 11.3. The lowest BCUT2D eigenvalue weighted by Gasteiger charge is -2.50. The molecule has 1 aliphatic rings. The molecule has 0 aromatic heterocycles. The SMILES string of the molecule is CCCCCOC1(c2ccccc2C)CN(C(=O)OC(C)(C)C)C1. The Bertz CT molecular complexity index is 556. The summed E-state index contributed by atoms with van der Waals surface area (Å²) in [5, 5.41) is 0. The largest absolute Gasteiger partial charge is 0.444 e. The van der Waals surface area contributed by atoms with E-state index in [1.807, 2.05) is 32.9 Å². The van der Waals surface area contributed by atoms with Gasteiger partial charge in [-0.2, -0.15) is 0 Å². The Morgan fingerprint density at radius 1 is 1.21 bits per heavy atom. The monoisotopic (exact) mass is 333 g/mol. The second-order valence-corrected chi connectivity index (χ2v) is 7.70. The first kappa shape index (κ1) is 18.8. The Balaban J connectivity index is 2.08. The van der Waals surface area contributed by atoms with Gasteiger partial charge in [0.05, 0.1) is 13.1 Å². The number of likely N-dealkylation sites (tertiary alicyclic amines) is 1. The van der Waals surface area contributed by atoms with Crippen molar-refractivity contribution in [3.63, 3.8) is 0 Å². The Hall–Kier alpha value is -1.55. The molecule has 1 aromatic rings. The zero-order valence-corrected chi connectivity index (χ0v) is 15.7. The van der Waals surface area contributed by atoms with Crippen LogP contribution in [-0.4, -0.2) is 36.3 Å². The van der Waals surface area contributed by atoms with Crippen LogP contribution in [0.5, 0.6) is 0 Å². The molecular formula is C20H31NO3. The smallest absolute Gasteiger partial charge is 0.410 e. The molecule has 1 saturated heterocycles. The molecule has 0 atom stereocenters. The van der Waals surface area contributed by atoms with E-state index in [2.05, 4.69) is 26.0 Å². The summed E-state index contributed by atoms with van der Waals surface area (Å²) in [5.74, 6) is 0. The highest BCUT2D eigenvalue weighted by Gasteiger charge is 2.49. The van der Waals surface area contributed by atoms with Crippen molar-refractivity contribution in [2.45, 2.75) is 65.1 Å². The predicted molar refractivity (Wildman–Crippen MR) is 96.1 cm³/mol. The quantitative estimate of drug-likeness (QED) is 0.711. The van der Waals surface area contributed by atoms with Gasteiger partial charge in [-0.05, 0) is 45.2 Å². The average Bonchev–Trinajstić information content (AvgIpc) is 2.44. The maximum absolute atomic E-state index is 12.3. The molecule has 1 heterocycles. The van der Waals surface area contributed by atoms with Gasteiger partial charge in [0.25, 0.3) is 0 Å². The van der Waals surface area contributed by atoms with E-state index in [-0.39, 0.29) is 6.09 Å². The molecule has 0 radical (unpaired) electrons. The molecular weight excluding hydrogens is 302 g/mol. The lowest BCUT2D eigenvalue weighted by molar-refractivity contribution is -0.147. The molecule has 2 rings (SSSR count). The van der Waals surface area contributed by atoms with Gasteiger partial charge in [-0.1, -0.05) is 44.0 Å². The zero-order chi connectivity index (χ0) is 17.8. The molecule has 0 unspecified atom stereocenters. The van der Waals surface area contributed by atoms with Crippen molar-refractivity contribution in [2.24, 2.45) is 0 Å². The van der Waals surface area contributed by atoms with Gasteiger partial charge in [0.15, 0.2) is 0 Å². The van der Waals surface area contributed by atoms with Crippen molar-refractivity contribution in [1.29, 1.82) is 0 Å². The van der Waals surface area contributed by atoms with Crippen molar-refractivity contribution >= 4 is 6.09 Å². The molecule has 0 saturated carbocycles.